The topological polar surface area (TPSA) is 3.24 Å². The lowest BCUT2D eigenvalue weighted by atomic mass is 10.0. The Hall–Kier alpha value is -0.0400. The highest BCUT2D eigenvalue weighted by Crippen LogP contribution is 2.13. The van der Waals surface area contributed by atoms with Crippen LogP contribution in [0.3, 0.4) is 0 Å². The van der Waals surface area contributed by atoms with E-state index in [4.69, 9.17) is 0 Å². The second-order valence-corrected chi connectivity index (χ2v) is 5.29. The van der Waals surface area contributed by atoms with Gasteiger partial charge in [0, 0.05) is 6.54 Å². The molecule has 0 aromatic heterocycles. The van der Waals surface area contributed by atoms with Crippen molar-refractivity contribution in [3.05, 3.63) is 0 Å². The van der Waals surface area contributed by atoms with E-state index in [1.165, 1.54) is 71.0 Å². The van der Waals surface area contributed by atoms with Crippen molar-refractivity contribution >= 4 is 0 Å². The van der Waals surface area contributed by atoms with Crippen LogP contribution in [-0.2, 0) is 0 Å². The van der Waals surface area contributed by atoms with Crippen LogP contribution in [-0.4, -0.2) is 24.5 Å². The summed E-state index contributed by atoms with van der Waals surface area (Å²) in [4.78, 5) is 2.71. The first-order chi connectivity index (χ1) is 7.33. The van der Waals surface area contributed by atoms with Crippen LogP contribution in [0.5, 0.6) is 0 Å². The largest absolute Gasteiger partial charge is 0.303 e. The second-order valence-electron chi connectivity index (χ2n) is 5.29. The molecule has 0 spiro atoms. The molecular weight excluding hydrogens is 182 g/mol. The molecule has 1 nitrogen and oxygen atoms in total. The summed E-state index contributed by atoms with van der Waals surface area (Å²) in [5.74, 6) is 0.882. The van der Waals surface area contributed by atoms with Crippen LogP contribution in [0.4, 0.5) is 0 Å². The molecule has 0 bridgehead atoms. The molecule has 1 unspecified atom stereocenters. The van der Waals surface area contributed by atoms with Crippen LogP contribution in [0.25, 0.3) is 0 Å². The van der Waals surface area contributed by atoms with Crippen molar-refractivity contribution < 1.29 is 0 Å². The van der Waals surface area contributed by atoms with Gasteiger partial charge in [0.05, 0.1) is 0 Å². The van der Waals surface area contributed by atoms with Gasteiger partial charge < -0.3 is 4.90 Å². The maximum atomic E-state index is 2.71. The minimum Gasteiger partial charge on any atom is -0.303 e. The maximum Gasteiger partial charge on any atom is 0.000692 e. The Labute approximate surface area is 96.2 Å². The van der Waals surface area contributed by atoms with Crippen LogP contribution < -0.4 is 0 Å². The van der Waals surface area contributed by atoms with Crippen LogP contribution in [0.1, 0.15) is 65.2 Å². The van der Waals surface area contributed by atoms with Crippen molar-refractivity contribution in [1.29, 1.82) is 0 Å². The molecule has 1 rings (SSSR count). The highest BCUT2D eigenvalue weighted by Gasteiger charge is 2.09. The standard InChI is InChI=1S/C14H29N/c1-3-14(2)13-15-11-9-7-5-4-6-8-10-12-15/h14H,3-13H2,1-2H3. The number of hydrogen-bond donors (Lipinski definition) is 0. The Morgan fingerprint density at radius 2 is 1.33 bits per heavy atom. The second kappa shape index (κ2) is 8.15. The molecule has 1 fully saturated rings. The van der Waals surface area contributed by atoms with Gasteiger partial charge in [0.15, 0.2) is 0 Å². The van der Waals surface area contributed by atoms with Crippen LogP contribution in [0.15, 0.2) is 0 Å². The van der Waals surface area contributed by atoms with E-state index in [9.17, 15) is 0 Å². The molecule has 1 aliphatic heterocycles. The van der Waals surface area contributed by atoms with Crippen LogP contribution in [0, 0.1) is 5.92 Å². The molecular formula is C14H29N. The summed E-state index contributed by atoms with van der Waals surface area (Å²) >= 11 is 0. The first kappa shape index (κ1) is 13.0. The molecule has 1 saturated heterocycles. The molecule has 15 heavy (non-hydrogen) atoms. The van der Waals surface area contributed by atoms with Crippen LogP contribution in [0.2, 0.25) is 0 Å². The van der Waals surface area contributed by atoms with E-state index in [1.54, 1.807) is 0 Å². The zero-order valence-corrected chi connectivity index (χ0v) is 10.8. The third kappa shape index (κ3) is 6.19. The fourth-order valence-corrected chi connectivity index (χ4v) is 2.42. The van der Waals surface area contributed by atoms with Gasteiger partial charge in [0.25, 0.3) is 0 Å². The van der Waals surface area contributed by atoms with Gasteiger partial charge in [-0.25, -0.2) is 0 Å². The van der Waals surface area contributed by atoms with Gasteiger partial charge >= 0.3 is 0 Å². The van der Waals surface area contributed by atoms with Crippen molar-refractivity contribution in [2.45, 2.75) is 65.2 Å². The molecule has 0 amide bonds. The summed E-state index contributed by atoms with van der Waals surface area (Å²) < 4.78 is 0. The molecule has 0 aromatic carbocycles. The lowest BCUT2D eigenvalue weighted by Crippen LogP contribution is -2.30. The molecule has 0 radical (unpaired) electrons. The number of nitrogens with zero attached hydrogens (tertiary/aromatic N) is 1. The van der Waals surface area contributed by atoms with E-state index in [-0.39, 0.29) is 0 Å². The monoisotopic (exact) mass is 211 g/mol. The molecule has 0 aromatic rings. The Balaban J connectivity index is 2.25. The van der Waals surface area contributed by atoms with E-state index in [1.807, 2.05) is 0 Å². The Morgan fingerprint density at radius 1 is 0.867 bits per heavy atom. The minimum absolute atomic E-state index is 0.882. The lowest BCUT2D eigenvalue weighted by Gasteiger charge is -2.26. The molecule has 1 aliphatic rings. The average molecular weight is 211 g/mol. The smallest absolute Gasteiger partial charge is 0.000692 e. The van der Waals surface area contributed by atoms with Gasteiger partial charge in [-0.05, 0) is 31.8 Å². The van der Waals surface area contributed by atoms with Gasteiger partial charge in [0.1, 0.15) is 0 Å². The van der Waals surface area contributed by atoms with Gasteiger partial charge in [-0.15, -0.1) is 0 Å². The molecule has 90 valence electrons. The zero-order valence-electron chi connectivity index (χ0n) is 10.8. The minimum atomic E-state index is 0.882. The van der Waals surface area contributed by atoms with Crippen molar-refractivity contribution in [3.8, 4) is 0 Å². The fourth-order valence-electron chi connectivity index (χ4n) is 2.42. The third-order valence-electron chi connectivity index (χ3n) is 3.72. The summed E-state index contributed by atoms with van der Waals surface area (Å²) in [5.41, 5.74) is 0. The zero-order chi connectivity index (χ0) is 10.9. The number of rotatable bonds is 3. The van der Waals surface area contributed by atoms with Gasteiger partial charge in [-0.1, -0.05) is 52.4 Å². The van der Waals surface area contributed by atoms with E-state index < -0.39 is 0 Å². The van der Waals surface area contributed by atoms with Gasteiger partial charge in [-0.3, -0.25) is 0 Å². The summed E-state index contributed by atoms with van der Waals surface area (Å²) in [5, 5.41) is 0. The Kier molecular flexibility index (Phi) is 7.08. The van der Waals surface area contributed by atoms with Crippen molar-refractivity contribution in [3.63, 3.8) is 0 Å². The van der Waals surface area contributed by atoms with Gasteiger partial charge in [0.2, 0.25) is 0 Å². The lowest BCUT2D eigenvalue weighted by molar-refractivity contribution is 0.221. The fraction of sp³-hybridized carbons (Fsp3) is 1.00. The normalized spacial score (nSPS) is 23.6. The predicted octanol–water partition coefficient (Wildman–Crippen LogP) is 4.08. The highest BCUT2D eigenvalue weighted by atomic mass is 15.1. The predicted molar refractivity (Wildman–Crippen MR) is 68.2 cm³/mol. The highest BCUT2D eigenvalue weighted by molar-refractivity contribution is 4.64. The van der Waals surface area contributed by atoms with E-state index in [0.717, 1.165) is 5.92 Å². The van der Waals surface area contributed by atoms with Gasteiger partial charge in [-0.2, -0.15) is 0 Å². The van der Waals surface area contributed by atoms with Crippen molar-refractivity contribution in [2.75, 3.05) is 19.6 Å². The van der Waals surface area contributed by atoms with Crippen molar-refractivity contribution in [1.82, 2.24) is 4.90 Å². The van der Waals surface area contributed by atoms with E-state index in [0.29, 0.717) is 0 Å². The first-order valence-corrected chi connectivity index (χ1v) is 7.05. The average Bonchev–Trinajstić information content (AvgIpc) is 2.27. The molecule has 0 N–H and O–H groups in total. The maximum absolute atomic E-state index is 2.71. The van der Waals surface area contributed by atoms with Crippen LogP contribution >= 0.6 is 0 Å². The van der Waals surface area contributed by atoms with Crippen molar-refractivity contribution in [2.24, 2.45) is 5.92 Å². The molecule has 0 aliphatic carbocycles. The van der Waals surface area contributed by atoms with E-state index in [2.05, 4.69) is 18.7 Å². The molecule has 0 saturated carbocycles. The Bertz CT molecular complexity index is 134. The molecule has 1 heteroatoms. The molecule has 1 atom stereocenters. The Morgan fingerprint density at radius 3 is 1.80 bits per heavy atom. The molecule has 1 heterocycles. The SMILES string of the molecule is CCC(C)CN1CCCCCCCCC1. The number of hydrogen-bond acceptors (Lipinski definition) is 1. The third-order valence-corrected chi connectivity index (χ3v) is 3.72. The first-order valence-electron chi connectivity index (χ1n) is 7.05. The summed E-state index contributed by atoms with van der Waals surface area (Å²) in [6.45, 7) is 8.73. The summed E-state index contributed by atoms with van der Waals surface area (Å²) in [7, 11) is 0. The van der Waals surface area contributed by atoms with E-state index >= 15 is 0 Å². The summed E-state index contributed by atoms with van der Waals surface area (Å²) in [6.07, 6.45) is 11.5. The quantitative estimate of drug-likeness (QED) is 0.680. The summed E-state index contributed by atoms with van der Waals surface area (Å²) in [6, 6.07) is 0.